The summed E-state index contributed by atoms with van der Waals surface area (Å²) in [6.07, 6.45) is 0.526. The first-order chi connectivity index (χ1) is 8.56. The maximum Gasteiger partial charge on any atom is 0.341 e. The maximum atomic E-state index is 13.7. The van der Waals surface area contributed by atoms with E-state index in [9.17, 15) is 18.5 Å². The van der Waals surface area contributed by atoms with E-state index < -0.39 is 23.8 Å². The van der Waals surface area contributed by atoms with Crippen molar-refractivity contribution in [3.63, 3.8) is 0 Å². The number of carboxylic acids is 1. The van der Waals surface area contributed by atoms with Crippen molar-refractivity contribution in [3.05, 3.63) is 40.2 Å². The molecule has 0 fully saturated rings. The largest absolute Gasteiger partial charge is 0.477 e. The van der Waals surface area contributed by atoms with Crippen molar-refractivity contribution in [2.75, 3.05) is 6.86 Å². The Kier molecular flexibility index (Phi) is 2.97. The normalized spacial score (nSPS) is 10.6. The summed E-state index contributed by atoms with van der Waals surface area (Å²) in [5.74, 6) is -1.71. The van der Waals surface area contributed by atoms with Crippen LogP contribution in [0.15, 0.2) is 29.2 Å². The molecule has 0 aliphatic rings. The molecular weight excluding hydrogens is 248 g/mol. The Balaban J connectivity index is 2.87. The van der Waals surface area contributed by atoms with Gasteiger partial charge in [-0.15, -0.1) is 0 Å². The molecule has 5 nitrogen and oxygen atoms in total. The summed E-state index contributed by atoms with van der Waals surface area (Å²) in [5.41, 5.74) is -1.86. The highest BCUT2D eigenvalue weighted by Gasteiger charge is 2.17. The molecule has 0 saturated carbocycles. The van der Waals surface area contributed by atoms with Gasteiger partial charge in [0.2, 0.25) is 12.3 Å². The van der Waals surface area contributed by atoms with Crippen LogP contribution >= 0.6 is 0 Å². The van der Waals surface area contributed by atoms with Crippen LogP contribution < -0.4 is 10.2 Å². The van der Waals surface area contributed by atoms with E-state index in [1.165, 1.54) is 18.2 Å². The van der Waals surface area contributed by atoms with Crippen molar-refractivity contribution in [2.24, 2.45) is 0 Å². The van der Waals surface area contributed by atoms with Gasteiger partial charge in [0.1, 0.15) is 16.8 Å². The second-order valence-electron chi connectivity index (χ2n) is 3.39. The van der Waals surface area contributed by atoms with Gasteiger partial charge in [0, 0.05) is 0 Å². The molecule has 1 heterocycles. The molecule has 18 heavy (non-hydrogen) atoms. The molecule has 1 aromatic heterocycles. The highest BCUT2D eigenvalue weighted by molar-refractivity contribution is 5.94. The minimum Gasteiger partial charge on any atom is -0.477 e. The van der Waals surface area contributed by atoms with Crippen LogP contribution in [0.25, 0.3) is 10.9 Å². The minimum atomic E-state index is -1.54. The number of ether oxygens (including phenoxy) is 1. The summed E-state index contributed by atoms with van der Waals surface area (Å²) in [6.45, 7) is -1.19. The van der Waals surface area contributed by atoms with Gasteiger partial charge in [0.05, 0.1) is 11.6 Å². The molecule has 0 aliphatic heterocycles. The molecule has 2 rings (SSSR count). The highest BCUT2D eigenvalue weighted by atomic mass is 19.2. The zero-order valence-electron chi connectivity index (χ0n) is 8.89. The lowest BCUT2D eigenvalue weighted by Crippen LogP contribution is -2.17. The van der Waals surface area contributed by atoms with Gasteiger partial charge < -0.3 is 9.84 Å². The Hall–Kier alpha value is -2.44. The summed E-state index contributed by atoms with van der Waals surface area (Å²) in [6, 6.07) is 3.86. The Morgan fingerprint density at radius 2 is 2.17 bits per heavy atom. The smallest absolute Gasteiger partial charge is 0.341 e. The quantitative estimate of drug-likeness (QED) is 0.906. The Labute approximate surface area is 98.8 Å². The van der Waals surface area contributed by atoms with Gasteiger partial charge in [0.25, 0.3) is 0 Å². The molecule has 0 bridgehead atoms. The molecular formula is C11H7F2NO4. The Morgan fingerprint density at radius 3 is 2.78 bits per heavy atom. The van der Waals surface area contributed by atoms with Gasteiger partial charge >= 0.3 is 5.97 Å². The lowest BCUT2D eigenvalue weighted by Gasteiger charge is -2.08. The number of carboxylic acid groups (broad SMARTS) is 1. The van der Waals surface area contributed by atoms with Gasteiger partial charge in [-0.2, -0.15) is 4.79 Å². The number of alkyl halides is 1. The van der Waals surface area contributed by atoms with E-state index >= 15 is 0 Å². The fourth-order valence-corrected chi connectivity index (χ4v) is 1.64. The second-order valence-corrected chi connectivity index (χ2v) is 3.39. The number of pyridine rings is 1. The first kappa shape index (κ1) is 12.0. The Bertz CT molecular complexity index is 681. The van der Waals surface area contributed by atoms with Crippen molar-refractivity contribution in [1.82, 2.24) is 4.79 Å². The average Bonchev–Trinajstić information content (AvgIpc) is 2.33. The van der Waals surface area contributed by atoms with Crippen LogP contribution in [0.4, 0.5) is 8.87 Å². The number of benzene rings is 1. The summed E-state index contributed by atoms with van der Waals surface area (Å²) >= 11 is 0. The summed E-state index contributed by atoms with van der Waals surface area (Å²) in [5, 5.41) is 8.56. The van der Waals surface area contributed by atoms with E-state index in [4.69, 9.17) is 5.11 Å². The molecule has 0 radical (unpaired) electrons. The summed E-state index contributed by atoms with van der Waals surface area (Å²) in [7, 11) is 0. The zero-order chi connectivity index (χ0) is 13.3. The van der Waals surface area contributed by atoms with E-state index in [1.54, 1.807) is 0 Å². The maximum absolute atomic E-state index is 13.7. The number of para-hydroxylation sites is 1. The molecule has 0 atom stereocenters. The van der Waals surface area contributed by atoms with Crippen LogP contribution in [0.2, 0.25) is 0 Å². The van der Waals surface area contributed by atoms with E-state index in [0.29, 0.717) is 6.20 Å². The number of aromatic nitrogens is 1. The third-order valence-electron chi connectivity index (χ3n) is 2.38. The fourth-order valence-electron chi connectivity index (χ4n) is 1.64. The third-order valence-corrected chi connectivity index (χ3v) is 2.38. The van der Waals surface area contributed by atoms with E-state index in [0.717, 1.165) is 0 Å². The van der Waals surface area contributed by atoms with Crippen LogP contribution in [0.1, 0.15) is 10.4 Å². The van der Waals surface area contributed by atoms with E-state index in [1.807, 2.05) is 0 Å². The highest BCUT2D eigenvalue weighted by Crippen LogP contribution is 2.24. The summed E-state index contributed by atoms with van der Waals surface area (Å²) in [4.78, 5) is 22.5. The van der Waals surface area contributed by atoms with Crippen molar-refractivity contribution in [3.8, 4) is 5.75 Å². The lowest BCUT2D eigenvalue weighted by atomic mass is 10.1. The minimum absolute atomic E-state index is 0.0643. The number of hydrogen-bond donors (Lipinski definition) is 1. The monoisotopic (exact) mass is 255 g/mol. The van der Waals surface area contributed by atoms with Crippen LogP contribution in [0.5, 0.6) is 5.75 Å². The first-order valence-electron chi connectivity index (χ1n) is 4.83. The summed E-state index contributed by atoms with van der Waals surface area (Å²) < 4.78 is 30.3. The van der Waals surface area contributed by atoms with Gasteiger partial charge in [-0.05, 0) is 12.1 Å². The molecule has 7 heteroatoms. The molecule has 0 spiro atoms. The molecule has 1 N–H and O–H groups in total. The van der Waals surface area contributed by atoms with Crippen LogP contribution in [-0.4, -0.2) is 22.7 Å². The SMILES string of the molecule is O=C(O)c1cn(F)c2c(OCF)cccc2c1=O. The molecule has 0 amide bonds. The van der Waals surface area contributed by atoms with Gasteiger partial charge in [0.15, 0.2) is 0 Å². The average molecular weight is 255 g/mol. The van der Waals surface area contributed by atoms with Crippen molar-refractivity contribution >= 4 is 16.9 Å². The topological polar surface area (TPSA) is 68.5 Å². The predicted molar refractivity (Wildman–Crippen MR) is 58.3 cm³/mol. The second kappa shape index (κ2) is 4.44. The number of aromatic carboxylic acids is 1. The molecule has 94 valence electrons. The van der Waals surface area contributed by atoms with E-state index in [-0.39, 0.29) is 21.4 Å². The Morgan fingerprint density at radius 1 is 1.44 bits per heavy atom. The van der Waals surface area contributed by atoms with E-state index in [2.05, 4.69) is 4.74 Å². The standard InChI is InChI=1S/C11H7F2NO4/c12-5-18-8-3-1-2-6-9(8)14(13)4-7(10(6)15)11(16)17/h1-4H,5H2,(H,16,17). The van der Waals surface area contributed by atoms with Crippen LogP contribution in [0, 0.1) is 0 Å². The van der Waals surface area contributed by atoms with Crippen LogP contribution in [-0.2, 0) is 0 Å². The molecule has 0 unspecified atom stereocenters. The number of fused-ring (bicyclic) bond motifs is 1. The molecule has 1 aromatic carbocycles. The van der Waals surface area contributed by atoms with Crippen molar-refractivity contribution in [1.29, 1.82) is 0 Å². The van der Waals surface area contributed by atoms with Crippen molar-refractivity contribution < 1.29 is 23.5 Å². The zero-order valence-corrected chi connectivity index (χ0v) is 8.89. The number of hydrogen-bond acceptors (Lipinski definition) is 3. The lowest BCUT2D eigenvalue weighted by molar-refractivity contribution is 0.0693. The fraction of sp³-hybridized carbons (Fsp3) is 0.0909. The number of carbonyl (C=O) groups is 1. The van der Waals surface area contributed by atoms with Gasteiger partial charge in [-0.25, -0.2) is 9.18 Å². The van der Waals surface area contributed by atoms with Gasteiger partial charge in [-0.3, -0.25) is 4.79 Å². The molecule has 0 aliphatic carbocycles. The molecule has 0 saturated heterocycles. The number of nitrogens with zero attached hydrogens (tertiary/aromatic N) is 1. The molecule has 2 aromatic rings. The van der Waals surface area contributed by atoms with Crippen LogP contribution in [0.3, 0.4) is 0 Å². The predicted octanol–water partition coefficient (Wildman–Crippen LogP) is 1.74. The number of halogens is 2. The first-order valence-corrected chi connectivity index (χ1v) is 4.83. The third kappa shape index (κ3) is 1.79. The van der Waals surface area contributed by atoms with Crippen molar-refractivity contribution in [2.45, 2.75) is 0 Å². The van der Waals surface area contributed by atoms with Gasteiger partial charge in [-0.1, -0.05) is 10.5 Å². The number of rotatable bonds is 3.